The molecule has 9 heteroatoms. The number of amides is 3. The predicted molar refractivity (Wildman–Crippen MR) is 99.4 cm³/mol. The quantitative estimate of drug-likeness (QED) is 0.128. The number of unbranched alkanes of at least 4 members (excludes halogenated alkanes) is 2. The van der Waals surface area contributed by atoms with Gasteiger partial charge in [0.05, 0.1) is 23.7 Å². The number of imide groups is 1. The third kappa shape index (κ3) is 5.05. The summed E-state index contributed by atoms with van der Waals surface area (Å²) in [4.78, 5) is 36.2. The number of hydroxylamine groups is 2. The van der Waals surface area contributed by atoms with Crippen molar-refractivity contribution in [2.45, 2.75) is 32.6 Å². The first-order valence-electron chi connectivity index (χ1n) is 8.84. The van der Waals surface area contributed by atoms with Crippen LogP contribution in [0.2, 0.25) is 0 Å². The number of rotatable bonds is 9. The van der Waals surface area contributed by atoms with Gasteiger partial charge in [0.1, 0.15) is 0 Å². The molecule has 0 aromatic heterocycles. The Morgan fingerprint density at radius 2 is 2.04 bits per heavy atom. The molecular formula is C18H25N5O4. The summed E-state index contributed by atoms with van der Waals surface area (Å²) in [5.41, 5.74) is 7.20. The minimum Gasteiger partial charge on any atom is -0.307 e. The van der Waals surface area contributed by atoms with Crippen molar-refractivity contribution in [2.75, 3.05) is 12.0 Å². The van der Waals surface area contributed by atoms with Gasteiger partial charge in [-0.3, -0.25) is 19.6 Å². The van der Waals surface area contributed by atoms with E-state index in [0.29, 0.717) is 27.7 Å². The molecule has 1 aliphatic heterocycles. The van der Waals surface area contributed by atoms with Crippen LogP contribution in [0.1, 0.15) is 38.2 Å². The van der Waals surface area contributed by atoms with Crippen LogP contribution in [0, 0.1) is 5.92 Å². The molecule has 5 N–H and O–H groups in total. The Morgan fingerprint density at radius 1 is 1.30 bits per heavy atom. The summed E-state index contributed by atoms with van der Waals surface area (Å²) in [5.74, 6) is 3.74. The first-order valence-corrected chi connectivity index (χ1v) is 8.84. The number of nitrogens with two attached hydrogens (primary N) is 1. The number of anilines is 1. The zero-order chi connectivity index (χ0) is 19.8. The van der Waals surface area contributed by atoms with E-state index in [0.717, 1.165) is 19.3 Å². The van der Waals surface area contributed by atoms with Gasteiger partial charge in [0.2, 0.25) is 12.3 Å². The Morgan fingerprint density at radius 3 is 2.74 bits per heavy atom. The van der Waals surface area contributed by atoms with Gasteiger partial charge in [-0.25, -0.2) is 15.9 Å². The Hall–Kier alpha value is -2.91. The highest BCUT2D eigenvalue weighted by Crippen LogP contribution is 2.27. The normalized spacial score (nSPS) is 13.4. The van der Waals surface area contributed by atoms with Crippen LogP contribution in [0.15, 0.2) is 30.5 Å². The lowest BCUT2D eigenvalue weighted by Gasteiger charge is -2.26. The lowest BCUT2D eigenvalue weighted by molar-refractivity contribution is -0.158. The van der Waals surface area contributed by atoms with E-state index in [1.807, 2.05) is 13.0 Å². The van der Waals surface area contributed by atoms with Crippen LogP contribution in [0.3, 0.4) is 0 Å². The maximum atomic E-state index is 12.8. The number of hydrogen-bond acceptors (Lipinski definition) is 7. The summed E-state index contributed by atoms with van der Waals surface area (Å²) in [6.07, 6.45) is 4.63. The Kier molecular flexibility index (Phi) is 7.33. The summed E-state index contributed by atoms with van der Waals surface area (Å²) >= 11 is 0. The molecule has 1 atom stereocenters. The summed E-state index contributed by atoms with van der Waals surface area (Å²) in [6.45, 7) is 1.80. The fraction of sp³-hybridized carbons (Fsp3) is 0.389. The van der Waals surface area contributed by atoms with Gasteiger partial charge >= 0.3 is 0 Å². The van der Waals surface area contributed by atoms with E-state index in [2.05, 4.69) is 10.9 Å². The van der Waals surface area contributed by atoms with Crippen LogP contribution >= 0.6 is 0 Å². The lowest BCUT2D eigenvalue weighted by Crippen LogP contribution is -2.48. The van der Waals surface area contributed by atoms with Gasteiger partial charge in [-0.1, -0.05) is 44.4 Å². The lowest BCUT2D eigenvalue weighted by atomic mass is 9.98. The molecule has 0 bridgehead atoms. The van der Waals surface area contributed by atoms with Crippen LogP contribution in [0.5, 0.6) is 0 Å². The maximum absolute atomic E-state index is 12.8. The largest absolute Gasteiger partial charge is 0.307 e. The highest BCUT2D eigenvalue weighted by molar-refractivity contribution is 6.24. The summed E-state index contributed by atoms with van der Waals surface area (Å²) < 4.78 is 0. The van der Waals surface area contributed by atoms with Crippen molar-refractivity contribution in [1.29, 1.82) is 0 Å². The fourth-order valence-corrected chi connectivity index (χ4v) is 2.90. The second-order valence-electron chi connectivity index (χ2n) is 6.31. The van der Waals surface area contributed by atoms with E-state index in [4.69, 9.17) is 5.84 Å². The van der Waals surface area contributed by atoms with Crippen LogP contribution < -0.4 is 16.7 Å². The monoisotopic (exact) mass is 375 g/mol. The predicted octanol–water partition coefficient (Wildman–Crippen LogP) is 1.23. The van der Waals surface area contributed by atoms with Gasteiger partial charge in [-0.05, 0) is 12.5 Å². The molecule has 1 heterocycles. The van der Waals surface area contributed by atoms with Crippen LogP contribution in [-0.4, -0.2) is 40.0 Å². The van der Waals surface area contributed by atoms with Crippen molar-refractivity contribution in [3.8, 4) is 0 Å². The van der Waals surface area contributed by atoms with Crippen molar-refractivity contribution in [2.24, 2.45) is 11.8 Å². The molecule has 0 radical (unpaired) electrons. The molecule has 0 saturated heterocycles. The third-order valence-electron chi connectivity index (χ3n) is 4.36. The SMILES string of the molecule is CCCCC[C@H](CN(O)C=O)C(=O)N(N)C(=O)C1=CNNc2ccccc21. The van der Waals surface area contributed by atoms with Crippen molar-refractivity contribution in [1.82, 2.24) is 15.5 Å². The molecule has 0 spiro atoms. The minimum atomic E-state index is -0.772. The topological polar surface area (TPSA) is 128 Å². The number of benzene rings is 1. The number of nitrogens with zero attached hydrogens (tertiary/aromatic N) is 2. The van der Waals surface area contributed by atoms with E-state index < -0.39 is 17.7 Å². The van der Waals surface area contributed by atoms with Crippen molar-refractivity contribution in [3.63, 3.8) is 0 Å². The molecule has 146 valence electrons. The van der Waals surface area contributed by atoms with Gasteiger partial charge in [-0.15, -0.1) is 0 Å². The maximum Gasteiger partial charge on any atom is 0.277 e. The molecule has 0 saturated carbocycles. The number of carbonyl (C=O) groups excluding carboxylic acids is 3. The van der Waals surface area contributed by atoms with Crippen molar-refractivity contribution in [3.05, 3.63) is 36.0 Å². The number of fused-ring (bicyclic) bond motifs is 1. The second-order valence-corrected chi connectivity index (χ2v) is 6.31. The van der Waals surface area contributed by atoms with Crippen molar-refractivity contribution < 1.29 is 19.6 Å². The Balaban J connectivity index is 2.16. The number of carbonyl (C=O) groups is 3. The molecule has 0 unspecified atom stereocenters. The van der Waals surface area contributed by atoms with E-state index >= 15 is 0 Å². The Labute approximate surface area is 157 Å². The van der Waals surface area contributed by atoms with E-state index in [9.17, 15) is 19.6 Å². The summed E-state index contributed by atoms with van der Waals surface area (Å²) in [5, 5.41) is 10.4. The number of hydrogen-bond donors (Lipinski definition) is 4. The molecule has 2 rings (SSSR count). The molecule has 27 heavy (non-hydrogen) atoms. The smallest absolute Gasteiger partial charge is 0.277 e. The van der Waals surface area contributed by atoms with Crippen molar-refractivity contribution >= 4 is 29.5 Å². The minimum absolute atomic E-state index is 0.220. The van der Waals surface area contributed by atoms with Gasteiger partial charge < -0.3 is 10.9 Å². The third-order valence-corrected chi connectivity index (χ3v) is 4.36. The van der Waals surface area contributed by atoms with Gasteiger partial charge in [0.15, 0.2) is 0 Å². The molecule has 0 fully saturated rings. The molecule has 1 aliphatic rings. The van der Waals surface area contributed by atoms with Gasteiger partial charge in [0.25, 0.3) is 5.91 Å². The van der Waals surface area contributed by atoms with Crippen LogP contribution in [0.25, 0.3) is 5.57 Å². The number of hydrazine groups is 2. The summed E-state index contributed by atoms with van der Waals surface area (Å²) in [7, 11) is 0. The van der Waals surface area contributed by atoms with Crippen LogP contribution in [0.4, 0.5) is 5.69 Å². The zero-order valence-electron chi connectivity index (χ0n) is 15.2. The molecule has 9 nitrogen and oxygen atoms in total. The standard InChI is InChI=1S/C18H25N5O4/c1-2-3-4-7-13(11-22(27)12-24)17(25)23(19)18(26)15-10-20-21-16-9-6-5-8-14(15)16/h5-6,8-10,12-13,20-21,27H,2-4,7,11,19H2,1H3/t13-/m1/s1. The molecular weight excluding hydrogens is 350 g/mol. The summed E-state index contributed by atoms with van der Waals surface area (Å²) in [6, 6.07) is 7.11. The second kappa shape index (κ2) is 9.70. The first kappa shape index (κ1) is 20.4. The number of nitrogens with one attached hydrogen (secondary N) is 2. The first-order chi connectivity index (χ1) is 13.0. The average molecular weight is 375 g/mol. The molecule has 1 aromatic carbocycles. The van der Waals surface area contributed by atoms with E-state index in [-0.39, 0.29) is 18.5 Å². The fourth-order valence-electron chi connectivity index (χ4n) is 2.90. The van der Waals surface area contributed by atoms with E-state index in [1.165, 1.54) is 6.20 Å². The van der Waals surface area contributed by atoms with Gasteiger partial charge in [-0.2, -0.15) is 0 Å². The zero-order valence-corrected chi connectivity index (χ0v) is 15.2. The number of para-hydroxylation sites is 1. The Bertz CT molecular complexity index is 721. The van der Waals surface area contributed by atoms with Crippen LogP contribution in [-0.2, 0) is 14.4 Å². The highest BCUT2D eigenvalue weighted by Gasteiger charge is 2.31. The van der Waals surface area contributed by atoms with E-state index in [1.54, 1.807) is 18.2 Å². The molecule has 1 aromatic rings. The molecule has 3 amide bonds. The molecule has 0 aliphatic carbocycles. The van der Waals surface area contributed by atoms with Gasteiger partial charge in [0, 0.05) is 11.8 Å². The average Bonchev–Trinajstić information content (AvgIpc) is 2.70. The highest BCUT2D eigenvalue weighted by atomic mass is 16.5.